The minimum absolute atomic E-state index is 0.00814. The van der Waals surface area contributed by atoms with Gasteiger partial charge in [-0.25, -0.2) is 13.1 Å². The van der Waals surface area contributed by atoms with Crippen LogP contribution in [0, 0.1) is 10.1 Å². The van der Waals surface area contributed by atoms with Crippen LogP contribution in [0.4, 0.5) is 11.4 Å². The monoisotopic (exact) mass is 302 g/mol. The van der Waals surface area contributed by atoms with Gasteiger partial charge >= 0.3 is 0 Å². The van der Waals surface area contributed by atoms with Crippen molar-refractivity contribution in [1.82, 2.24) is 9.62 Å². The summed E-state index contributed by atoms with van der Waals surface area (Å²) in [5.74, 6) is 0. The zero-order valence-electron chi connectivity index (χ0n) is 11.6. The van der Waals surface area contributed by atoms with Crippen LogP contribution < -0.4 is 10.0 Å². The predicted octanol–water partition coefficient (Wildman–Crippen LogP) is 0.476. The molecule has 0 spiro atoms. The smallest absolute Gasteiger partial charge is 0.292 e. The lowest BCUT2D eigenvalue weighted by molar-refractivity contribution is -0.384. The van der Waals surface area contributed by atoms with E-state index in [0.29, 0.717) is 6.54 Å². The third kappa shape index (κ3) is 4.15. The first kappa shape index (κ1) is 16.3. The molecule has 2 N–H and O–H groups in total. The number of likely N-dealkylation sites (N-methyl/N-ethyl adjacent to an activating group) is 1. The van der Waals surface area contributed by atoms with Gasteiger partial charge in [-0.15, -0.1) is 0 Å². The molecule has 0 bridgehead atoms. The SMILES string of the molecule is CNc1cc(S(=O)(=O)NCCN(C)C)ccc1[N+](=O)[O-]. The fourth-order valence-electron chi connectivity index (χ4n) is 1.53. The first-order valence-corrected chi connectivity index (χ1v) is 7.37. The third-order valence-electron chi connectivity index (χ3n) is 2.60. The number of rotatable bonds is 7. The van der Waals surface area contributed by atoms with Gasteiger partial charge in [-0.2, -0.15) is 0 Å². The standard InChI is InChI=1S/C11H18N4O4S/c1-12-10-8-9(4-5-11(10)15(16)17)20(18,19)13-6-7-14(2)3/h4-5,8,12-13H,6-7H2,1-3H3. The Morgan fingerprint density at radius 1 is 1.35 bits per heavy atom. The largest absolute Gasteiger partial charge is 0.383 e. The summed E-state index contributed by atoms with van der Waals surface area (Å²) in [4.78, 5) is 12.1. The van der Waals surface area contributed by atoms with Gasteiger partial charge in [-0.1, -0.05) is 0 Å². The Hall–Kier alpha value is -1.71. The maximum Gasteiger partial charge on any atom is 0.292 e. The molecule has 0 aromatic heterocycles. The van der Waals surface area contributed by atoms with Crippen LogP contribution in [0.1, 0.15) is 0 Å². The van der Waals surface area contributed by atoms with Gasteiger partial charge in [0.25, 0.3) is 5.69 Å². The number of anilines is 1. The molecule has 0 heterocycles. The maximum atomic E-state index is 12.0. The van der Waals surface area contributed by atoms with Gasteiger partial charge < -0.3 is 10.2 Å². The number of nitrogens with one attached hydrogen (secondary N) is 2. The summed E-state index contributed by atoms with van der Waals surface area (Å²) in [5.41, 5.74) is -0.00905. The van der Waals surface area contributed by atoms with Crippen molar-refractivity contribution < 1.29 is 13.3 Å². The molecular weight excluding hydrogens is 284 g/mol. The minimum Gasteiger partial charge on any atom is -0.383 e. The Labute approximate surface area is 118 Å². The molecule has 1 aromatic rings. The lowest BCUT2D eigenvalue weighted by atomic mass is 10.3. The van der Waals surface area contributed by atoms with Crippen molar-refractivity contribution >= 4 is 21.4 Å². The topological polar surface area (TPSA) is 105 Å². The van der Waals surface area contributed by atoms with Crippen molar-refractivity contribution in [2.24, 2.45) is 0 Å². The van der Waals surface area contributed by atoms with Crippen molar-refractivity contribution in [2.45, 2.75) is 4.90 Å². The summed E-state index contributed by atoms with van der Waals surface area (Å²) in [6.45, 7) is 0.826. The summed E-state index contributed by atoms with van der Waals surface area (Å²) in [6, 6.07) is 3.64. The van der Waals surface area contributed by atoms with Crippen LogP contribution >= 0.6 is 0 Å². The molecule has 0 radical (unpaired) electrons. The lowest BCUT2D eigenvalue weighted by Crippen LogP contribution is -2.31. The van der Waals surface area contributed by atoms with Crippen molar-refractivity contribution in [1.29, 1.82) is 0 Å². The van der Waals surface area contributed by atoms with Crippen LogP contribution in [0.15, 0.2) is 23.1 Å². The zero-order valence-corrected chi connectivity index (χ0v) is 12.4. The van der Waals surface area contributed by atoms with Gasteiger partial charge in [0.05, 0.1) is 9.82 Å². The van der Waals surface area contributed by atoms with E-state index in [4.69, 9.17) is 0 Å². The van der Waals surface area contributed by atoms with E-state index < -0.39 is 14.9 Å². The maximum absolute atomic E-state index is 12.0. The molecule has 1 aromatic carbocycles. The average Bonchev–Trinajstić information content (AvgIpc) is 2.37. The molecule has 0 aliphatic carbocycles. The van der Waals surface area contributed by atoms with Gasteiger partial charge in [0.2, 0.25) is 10.0 Å². The molecule has 0 atom stereocenters. The van der Waals surface area contributed by atoms with E-state index in [1.54, 1.807) is 0 Å². The summed E-state index contributed by atoms with van der Waals surface area (Å²) in [7, 11) is 1.49. The highest BCUT2D eigenvalue weighted by atomic mass is 32.2. The van der Waals surface area contributed by atoms with E-state index in [2.05, 4.69) is 10.0 Å². The second-order valence-corrected chi connectivity index (χ2v) is 6.15. The number of benzene rings is 1. The highest BCUT2D eigenvalue weighted by Crippen LogP contribution is 2.26. The van der Waals surface area contributed by atoms with Crippen LogP contribution in [0.2, 0.25) is 0 Å². The van der Waals surface area contributed by atoms with Crippen LogP contribution in [-0.4, -0.2) is 52.5 Å². The van der Waals surface area contributed by atoms with Gasteiger partial charge in [0.15, 0.2) is 0 Å². The highest BCUT2D eigenvalue weighted by molar-refractivity contribution is 7.89. The van der Waals surface area contributed by atoms with Gasteiger partial charge in [-0.3, -0.25) is 10.1 Å². The molecule has 0 saturated heterocycles. The zero-order chi connectivity index (χ0) is 15.3. The molecule has 20 heavy (non-hydrogen) atoms. The van der Waals surface area contributed by atoms with E-state index in [9.17, 15) is 18.5 Å². The summed E-state index contributed by atoms with van der Waals surface area (Å²) >= 11 is 0. The van der Waals surface area contributed by atoms with Crippen molar-refractivity contribution in [3.8, 4) is 0 Å². The normalized spacial score (nSPS) is 11.6. The fraction of sp³-hybridized carbons (Fsp3) is 0.455. The molecule has 1 rings (SSSR count). The van der Waals surface area contributed by atoms with Crippen molar-refractivity contribution in [3.63, 3.8) is 0 Å². The Morgan fingerprint density at radius 3 is 2.50 bits per heavy atom. The molecule has 0 unspecified atom stereocenters. The summed E-state index contributed by atoms with van der Waals surface area (Å²) in [5, 5.41) is 13.4. The first-order chi connectivity index (χ1) is 9.27. The van der Waals surface area contributed by atoms with Gasteiger partial charge in [0.1, 0.15) is 5.69 Å². The Morgan fingerprint density at radius 2 is 2.00 bits per heavy atom. The molecule has 0 amide bonds. The van der Waals surface area contributed by atoms with Crippen molar-refractivity contribution in [2.75, 3.05) is 39.5 Å². The van der Waals surface area contributed by atoms with E-state index in [0.717, 1.165) is 0 Å². The van der Waals surface area contributed by atoms with Gasteiger partial charge in [-0.05, 0) is 26.2 Å². The Balaban J connectivity index is 2.98. The molecular formula is C11H18N4O4S. The summed E-state index contributed by atoms with van der Waals surface area (Å²) < 4.78 is 26.5. The molecule has 112 valence electrons. The fourth-order valence-corrected chi connectivity index (χ4v) is 2.58. The molecule has 8 nitrogen and oxygen atoms in total. The second kappa shape index (κ2) is 6.64. The number of hydrogen-bond acceptors (Lipinski definition) is 6. The van der Waals surface area contributed by atoms with Crippen molar-refractivity contribution in [3.05, 3.63) is 28.3 Å². The highest BCUT2D eigenvalue weighted by Gasteiger charge is 2.19. The van der Waals surface area contributed by atoms with Crippen LogP contribution in [0.3, 0.4) is 0 Å². The van der Waals surface area contributed by atoms with Crippen LogP contribution in [0.5, 0.6) is 0 Å². The predicted molar refractivity (Wildman–Crippen MR) is 76.4 cm³/mol. The number of nitro benzene ring substituents is 1. The number of hydrogen-bond donors (Lipinski definition) is 2. The third-order valence-corrected chi connectivity index (χ3v) is 4.05. The van der Waals surface area contributed by atoms with E-state index in [-0.39, 0.29) is 22.8 Å². The number of nitrogens with zero attached hydrogens (tertiary/aromatic N) is 2. The number of sulfonamides is 1. The van der Waals surface area contributed by atoms with Crippen LogP contribution in [0.25, 0.3) is 0 Å². The van der Waals surface area contributed by atoms with E-state index >= 15 is 0 Å². The first-order valence-electron chi connectivity index (χ1n) is 5.88. The molecule has 0 saturated carbocycles. The number of nitro groups is 1. The molecule has 0 aliphatic heterocycles. The van der Waals surface area contributed by atoms with E-state index in [1.807, 2.05) is 19.0 Å². The molecule has 9 heteroatoms. The second-order valence-electron chi connectivity index (χ2n) is 4.39. The lowest BCUT2D eigenvalue weighted by Gasteiger charge is -2.11. The summed E-state index contributed by atoms with van der Waals surface area (Å²) in [6.07, 6.45) is 0. The Kier molecular flexibility index (Phi) is 5.43. The minimum atomic E-state index is -3.67. The van der Waals surface area contributed by atoms with Gasteiger partial charge in [0, 0.05) is 26.2 Å². The molecule has 0 aliphatic rings. The van der Waals surface area contributed by atoms with E-state index in [1.165, 1.54) is 25.2 Å². The Bertz CT molecular complexity index is 586. The molecule has 0 fully saturated rings. The average molecular weight is 302 g/mol. The van der Waals surface area contributed by atoms with Crippen LogP contribution in [-0.2, 0) is 10.0 Å². The quantitative estimate of drug-likeness (QED) is 0.560.